The minimum Gasteiger partial charge on any atom is -0.328 e. The van der Waals surface area contributed by atoms with E-state index in [0.29, 0.717) is 5.13 Å². The number of nitrogens with two attached hydrogens (primary N) is 1. The van der Waals surface area contributed by atoms with Gasteiger partial charge >= 0.3 is 0 Å². The summed E-state index contributed by atoms with van der Waals surface area (Å²) in [5.74, 6) is 0.0872. The summed E-state index contributed by atoms with van der Waals surface area (Å²) in [5, 5.41) is 12.5. The predicted octanol–water partition coefficient (Wildman–Crippen LogP) is 1.95. The smallest absolute Gasteiger partial charge is 0.229 e. The van der Waals surface area contributed by atoms with Gasteiger partial charge in [0.25, 0.3) is 0 Å². The normalized spacial score (nSPS) is 23.2. The molecule has 1 aliphatic carbocycles. The third-order valence-corrected chi connectivity index (χ3v) is 4.18. The SMILES string of the molecule is CCCCc1nnc(NC(=O)C2CCC(N)C2)s1. The molecule has 0 bridgehead atoms. The van der Waals surface area contributed by atoms with Gasteiger partial charge in [0.1, 0.15) is 5.01 Å². The Hall–Kier alpha value is -1.01. The summed E-state index contributed by atoms with van der Waals surface area (Å²) in [6, 6.07) is 0.176. The second kappa shape index (κ2) is 6.24. The molecule has 18 heavy (non-hydrogen) atoms. The van der Waals surface area contributed by atoms with Gasteiger partial charge in [-0.15, -0.1) is 10.2 Å². The molecule has 1 aromatic rings. The topological polar surface area (TPSA) is 80.9 Å². The summed E-state index contributed by atoms with van der Waals surface area (Å²) in [5.41, 5.74) is 5.81. The van der Waals surface area contributed by atoms with Gasteiger partial charge in [-0.25, -0.2) is 0 Å². The van der Waals surface area contributed by atoms with Gasteiger partial charge in [0, 0.05) is 18.4 Å². The number of nitrogens with zero attached hydrogens (tertiary/aromatic N) is 2. The lowest BCUT2D eigenvalue weighted by Gasteiger charge is -2.07. The number of rotatable bonds is 5. The summed E-state index contributed by atoms with van der Waals surface area (Å²) in [4.78, 5) is 12.0. The molecule has 2 unspecified atom stereocenters. The Morgan fingerprint density at radius 2 is 2.33 bits per heavy atom. The van der Waals surface area contributed by atoms with Crippen LogP contribution in [0.5, 0.6) is 0 Å². The van der Waals surface area contributed by atoms with Crippen molar-refractivity contribution in [1.29, 1.82) is 0 Å². The van der Waals surface area contributed by atoms with E-state index in [9.17, 15) is 4.79 Å². The zero-order chi connectivity index (χ0) is 13.0. The molecular weight excluding hydrogens is 248 g/mol. The van der Waals surface area contributed by atoms with Crippen molar-refractivity contribution in [3.8, 4) is 0 Å². The van der Waals surface area contributed by atoms with Gasteiger partial charge in [0.05, 0.1) is 0 Å². The van der Waals surface area contributed by atoms with Crippen molar-refractivity contribution in [2.24, 2.45) is 11.7 Å². The van der Waals surface area contributed by atoms with Crippen molar-refractivity contribution in [2.45, 2.75) is 51.5 Å². The highest BCUT2D eigenvalue weighted by Crippen LogP contribution is 2.26. The van der Waals surface area contributed by atoms with Crippen LogP contribution in [0.25, 0.3) is 0 Å². The van der Waals surface area contributed by atoms with Crippen molar-refractivity contribution in [1.82, 2.24) is 10.2 Å². The fourth-order valence-corrected chi connectivity index (χ4v) is 2.98. The zero-order valence-corrected chi connectivity index (χ0v) is 11.5. The Kier molecular flexibility index (Phi) is 4.66. The number of aromatic nitrogens is 2. The maximum absolute atomic E-state index is 12.0. The molecule has 1 amide bonds. The zero-order valence-electron chi connectivity index (χ0n) is 10.7. The molecule has 100 valence electrons. The molecule has 1 aliphatic rings. The maximum atomic E-state index is 12.0. The Morgan fingerprint density at radius 1 is 1.50 bits per heavy atom. The van der Waals surface area contributed by atoms with Gasteiger partial charge in [0.15, 0.2) is 0 Å². The average molecular weight is 268 g/mol. The van der Waals surface area contributed by atoms with Crippen LogP contribution < -0.4 is 11.1 Å². The number of hydrogen-bond donors (Lipinski definition) is 2. The van der Waals surface area contributed by atoms with E-state index in [1.54, 1.807) is 0 Å². The number of carbonyl (C=O) groups excluding carboxylic acids is 1. The van der Waals surface area contributed by atoms with E-state index < -0.39 is 0 Å². The van der Waals surface area contributed by atoms with Crippen LogP contribution in [0.4, 0.5) is 5.13 Å². The van der Waals surface area contributed by atoms with E-state index >= 15 is 0 Å². The van der Waals surface area contributed by atoms with Crippen molar-refractivity contribution < 1.29 is 4.79 Å². The first-order valence-electron chi connectivity index (χ1n) is 6.58. The van der Waals surface area contributed by atoms with Crippen LogP contribution in [0.2, 0.25) is 0 Å². The highest BCUT2D eigenvalue weighted by Gasteiger charge is 2.28. The standard InChI is InChI=1S/C12H20N4OS/c1-2-3-4-10-15-16-12(18-10)14-11(17)8-5-6-9(13)7-8/h8-9H,2-7,13H2,1H3,(H,14,16,17). The molecule has 1 saturated carbocycles. The largest absolute Gasteiger partial charge is 0.328 e. The van der Waals surface area contributed by atoms with Gasteiger partial charge in [-0.1, -0.05) is 24.7 Å². The third kappa shape index (κ3) is 3.49. The van der Waals surface area contributed by atoms with Gasteiger partial charge in [-0.3, -0.25) is 4.79 Å². The predicted molar refractivity (Wildman–Crippen MR) is 72.5 cm³/mol. The Morgan fingerprint density at radius 3 is 3.00 bits per heavy atom. The number of aryl methyl sites for hydroxylation is 1. The molecule has 0 aromatic carbocycles. The van der Waals surface area contributed by atoms with Crippen LogP contribution in [0.1, 0.15) is 44.0 Å². The van der Waals surface area contributed by atoms with Gasteiger partial charge in [-0.2, -0.15) is 0 Å². The van der Waals surface area contributed by atoms with Crippen LogP contribution in [0.3, 0.4) is 0 Å². The minimum absolute atomic E-state index is 0.0427. The van der Waals surface area contributed by atoms with Crippen molar-refractivity contribution in [3.05, 3.63) is 5.01 Å². The highest BCUT2D eigenvalue weighted by atomic mass is 32.1. The summed E-state index contributed by atoms with van der Waals surface area (Å²) in [6.07, 6.45) is 5.80. The van der Waals surface area contributed by atoms with Crippen LogP contribution in [0.15, 0.2) is 0 Å². The molecule has 0 spiro atoms. The first-order valence-corrected chi connectivity index (χ1v) is 7.39. The number of carbonyl (C=O) groups is 1. The van der Waals surface area contributed by atoms with Crippen LogP contribution >= 0.6 is 11.3 Å². The van der Waals surface area contributed by atoms with E-state index in [1.807, 2.05) is 0 Å². The molecule has 5 nitrogen and oxygen atoms in total. The van der Waals surface area contributed by atoms with Gasteiger partial charge < -0.3 is 11.1 Å². The lowest BCUT2D eigenvalue weighted by Crippen LogP contribution is -2.23. The summed E-state index contributed by atoms with van der Waals surface area (Å²) < 4.78 is 0. The third-order valence-electron chi connectivity index (χ3n) is 3.29. The molecule has 1 aromatic heterocycles. The van der Waals surface area contributed by atoms with Crippen LogP contribution in [0, 0.1) is 5.92 Å². The Labute approximate surface area is 111 Å². The summed E-state index contributed by atoms with van der Waals surface area (Å²) in [7, 11) is 0. The number of amides is 1. The van der Waals surface area contributed by atoms with E-state index in [0.717, 1.165) is 43.5 Å². The quantitative estimate of drug-likeness (QED) is 0.855. The molecule has 3 N–H and O–H groups in total. The first kappa shape index (κ1) is 13.4. The van der Waals surface area contributed by atoms with Gasteiger partial charge in [-0.05, 0) is 25.7 Å². The summed E-state index contributed by atoms with van der Waals surface area (Å²) >= 11 is 1.48. The lowest BCUT2D eigenvalue weighted by atomic mass is 10.1. The van der Waals surface area contributed by atoms with Crippen LogP contribution in [-0.2, 0) is 11.2 Å². The van der Waals surface area contributed by atoms with Crippen molar-refractivity contribution in [2.75, 3.05) is 5.32 Å². The molecule has 2 atom stereocenters. The van der Waals surface area contributed by atoms with E-state index in [1.165, 1.54) is 11.3 Å². The summed E-state index contributed by atoms with van der Waals surface area (Å²) in [6.45, 7) is 2.15. The Balaban J connectivity index is 1.85. The van der Waals surface area contributed by atoms with Gasteiger partial charge in [0.2, 0.25) is 11.0 Å². The monoisotopic (exact) mass is 268 g/mol. The average Bonchev–Trinajstić information content (AvgIpc) is 2.96. The Bertz CT molecular complexity index is 407. The second-order valence-electron chi connectivity index (χ2n) is 4.86. The molecule has 0 radical (unpaired) electrons. The van der Waals surface area contributed by atoms with Crippen molar-refractivity contribution >= 4 is 22.4 Å². The maximum Gasteiger partial charge on any atom is 0.229 e. The van der Waals surface area contributed by atoms with Crippen LogP contribution in [-0.4, -0.2) is 22.1 Å². The number of nitrogens with one attached hydrogen (secondary N) is 1. The molecule has 0 saturated heterocycles. The van der Waals surface area contributed by atoms with E-state index in [4.69, 9.17) is 5.73 Å². The van der Waals surface area contributed by atoms with Crippen molar-refractivity contribution in [3.63, 3.8) is 0 Å². The molecular formula is C12H20N4OS. The van der Waals surface area contributed by atoms with E-state index in [2.05, 4.69) is 22.4 Å². The highest BCUT2D eigenvalue weighted by molar-refractivity contribution is 7.15. The fraction of sp³-hybridized carbons (Fsp3) is 0.750. The number of anilines is 1. The molecule has 2 rings (SSSR count). The fourth-order valence-electron chi connectivity index (χ4n) is 2.20. The first-order chi connectivity index (χ1) is 8.69. The number of unbranched alkanes of at least 4 members (excludes halogenated alkanes) is 1. The molecule has 6 heteroatoms. The molecule has 1 heterocycles. The number of hydrogen-bond acceptors (Lipinski definition) is 5. The second-order valence-corrected chi connectivity index (χ2v) is 5.93. The van der Waals surface area contributed by atoms with E-state index in [-0.39, 0.29) is 17.9 Å². The minimum atomic E-state index is 0.0427. The lowest BCUT2D eigenvalue weighted by molar-refractivity contribution is -0.119. The molecule has 0 aliphatic heterocycles. The molecule has 1 fully saturated rings.